The summed E-state index contributed by atoms with van der Waals surface area (Å²) >= 11 is 0. The molecule has 0 unspecified atom stereocenters. The Morgan fingerprint density at radius 1 is 0.864 bits per heavy atom. The fraction of sp³-hybridized carbons (Fsp3) is 0.350. The number of amides is 1. The highest BCUT2D eigenvalue weighted by Gasteiger charge is 2.40. The third-order valence-corrected chi connectivity index (χ3v) is 5.31. The van der Waals surface area contributed by atoms with E-state index in [9.17, 15) is 4.79 Å². The number of hydrogen-bond acceptors (Lipinski definition) is 1. The lowest BCUT2D eigenvalue weighted by Gasteiger charge is -2.22. The topological polar surface area (TPSA) is 29.1 Å². The van der Waals surface area contributed by atoms with E-state index in [1.165, 1.54) is 31.2 Å². The van der Waals surface area contributed by atoms with Crippen LogP contribution in [0.25, 0.3) is 11.1 Å². The van der Waals surface area contributed by atoms with Crippen molar-refractivity contribution < 1.29 is 4.79 Å². The molecule has 0 spiro atoms. The number of benzene rings is 2. The van der Waals surface area contributed by atoms with Crippen LogP contribution < -0.4 is 5.32 Å². The first-order valence-electron chi connectivity index (χ1n) is 8.26. The molecule has 2 saturated carbocycles. The SMILES string of the molecule is O=C(N[C@H]1C[C@@H]2CC[C@@H]1C2)c1ccc(-c2ccccc2)cc1. The largest absolute Gasteiger partial charge is 0.349 e. The molecule has 0 aromatic heterocycles. The molecule has 2 aliphatic rings. The molecule has 22 heavy (non-hydrogen) atoms. The number of hydrogen-bond donors (Lipinski definition) is 1. The molecular weight excluding hydrogens is 270 g/mol. The summed E-state index contributed by atoms with van der Waals surface area (Å²) in [6.45, 7) is 0. The molecule has 0 saturated heterocycles. The molecule has 2 heteroatoms. The van der Waals surface area contributed by atoms with Crippen molar-refractivity contribution in [3.8, 4) is 11.1 Å². The standard InChI is InChI=1S/C20H21NO/c22-20(21-19-13-14-6-7-18(19)12-14)17-10-8-16(9-11-17)15-4-2-1-3-5-15/h1-5,8-11,14,18-19H,6-7,12-13H2,(H,21,22)/t14-,18-,19+/m1/s1. The average Bonchev–Trinajstić information content (AvgIpc) is 3.19. The summed E-state index contributed by atoms with van der Waals surface area (Å²) in [6, 6.07) is 18.6. The zero-order valence-corrected chi connectivity index (χ0v) is 12.7. The minimum atomic E-state index is 0.0807. The third kappa shape index (κ3) is 2.54. The second-order valence-corrected chi connectivity index (χ2v) is 6.70. The molecule has 112 valence electrons. The van der Waals surface area contributed by atoms with E-state index < -0.39 is 0 Å². The zero-order chi connectivity index (χ0) is 14.9. The maximum atomic E-state index is 12.4. The second kappa shape index (κ2) is 5.60. The van der Waals surface area contributed by atoms with Gasteiger partial charge in [-0.3, -0.25) is 4.79 Å². The highest BCUT2D eigenvalue weighted by atomic mass is 16.1. The van der Waals surface area contributed by atoms with Gasteiger partial charge in [0.25, 0.3) is 5.91 Å². The van der Waals surface area contributed by atoms with Crippen LogP contribution in [0.2, 0.25) is 0 Å². The van der Waals surface area contributed by atoms with Crippen molar-refractivity contribution in [1.29, 1.82) is 0 Å². The van der Waals surface area contributed by atoms with Gasteiger partial charge in [-0.05, 0) is 54.4 Å². The molecule has 0 heterocycles. The molecular formula is C20H21NO. The van der Waals surface area contributed by atoms with Crippen LogP contribution in [0, 0.1) is 11.8 Å². The van der Waals surface area contributed by atoms with Crippen LogP contribution >= 0.6 is 0 Å². The van der Waals surface area contributed by atoms with Gasteiger partial charge < -0.3 is 5.32 Å². The van der Waals surface area contributed by atoms with Gasteiger partial charge in [0, 0.05) is 11.6 Å². The predicted octanol–water partition coefficient (Wildman–Crippen LogP) is 4.27. The summed E-state index contributed by atoms with van der Waals surface area (Å²) in [6.07, 6.45) is 5.15. The van der Waals surface area contributed by atoms with Gasteiger partial charge >= 0.3 is 0 Å². The lowest BCUT2D eigenvalue weighted by Crippen LogP contribution is -2.38. The molecule has 2 aliphatic carbocycles. The summed E-state index contributed by atoms with van der Waals surface area (Å²) in [5.74, 6) is 1.66. The number of carbonyl (C=O) groups excluding carboxylic acids is 1. The lowest BCUT2D eigenvalue weighted by molar-refractivity contribution is 0.0923. The molecule has 1 amide bonds. The van der Waals surface area contributed by atoms with Crippen LogP contribution in [0.15, 0.2) is 54.6 Å². The maximum Gasteiger partial charge on any atom is 0.251 e. The van der Waals surface area contributed by atoms with E-state index in [4.69, 9.17) is 0 Å². The van der Waals surface area contributed by atoms with Crippen molar-refractivity contribution >= 4 is 5.91 Å². The smallest absolute Gasteiger partial charge is 0.251 e. The minimum Gasteiger partial charge on any atom is -0.349 e. The van der Waals surface area contributed by atoms with Crippen LogP contribution in [0.3, 0.4) is 0 Å². The Morgan fingerprint density at radius 2 is 1.59 bits per heavy atom. The van der Waals surface area contributed by atoms with E-state index >= 15 is 0 Å². The normalized spacial score (nSPS) is 26.1. The van der Waals surface area contributed by atoms with Gasteiger partial charge in [-0.25, -0.2) is 0 Å². The highest BCUT2D eigenvalue weighted by Crippen LogP contribution is 2.44. The molecule has 2 aromatic rings. The summed E-state index contributed by atoms with van der Waals surface area (Å²) < 4.78 is 0. The Morgan fingerprint density at radius 3 is 2.23 bits per heavy atom. The third-order valence-electron chi connectivity index (χ3n) is 5.31. The van der Waals surface area contributed by atoms with E-state index in [0.29, 0.717) is 6.04 Å². The first kappa shape index (κ1) is 13.6. The Labute approximate surface area is 131 Å². The van der Waals surface area contributed by atoms with Crippen molar-refractivity contribution in [3.63, 3.8) is 0 Å². The van der Waals surface area contributed by atoms with Gasteiger partial charge in [0.2, 0.25) is 0 Å². The van der Waals surface area contributed by atoms with Gasteiger partial charge in [-0.2, -0.15) is 0 Å². The summed E-state index contributed by atoms with van der Waals surface area (Å²) in [5.41, 5.74) is 3.10. The zero-order valence-electron chi connectivity index (χ0n) is 12.7. The van der Waals surface area contributed by atoms with E-state index in [1.807, 2.05) is 42.5 Å². The fourth-order valence-corrected chi connectivity index (χ4v) is 4.12. The second-order valence-electron chi connectivity index (χ2n) is 6.70. The van der Waals surface area contributed by atoms with Crippen molar-refractivity contribution in [2.24, 2.45) is 11.8 Å². The van der Waals surface area contributed by atoms with E-state index in [2.05, 4.69) is 17.4 Å². The van der Waals surface area contributed by atoms with E-state index in [1.54, 1.807) is 0 Å². The van der Waals surface area contributed by atoms with Gasteiger partial charge in [-0.15, -0.1) is 0 Å². The first-order chi connectivity index (χ1) is 10.8. The summed E-state index contributed by atoms with van der Waals surface area (Å²) in [5, 5.41) is 3.25. The van der Waals surface area contributed by atoms with Crippen LogP contribution in [-0.4, -0.2) is 11.9 Å². The molecule has 1 N–H and O–H groups in total. The monoisotopic (exact) mass is 291 g/mol. The molecule has 2 bridgehead atoms. The summed E-state index contributed by atoms with van der Waals surface area (Å²) in [7, 11) is 0. The molecule has 4 rings (SSSR count). The average molecular weight is 291 g/mol. The first-order valence-corrected chi connectivity index (χ1v) is 8.26. The van der Waals surface area contributed by atoms with Crippen LogP contribution in [-0.2, 0) is 0 Å². The molecule has 2 fully saturated rings. The Bertz CT molecular complexity index is 662. The molecule has 0 aliphatic heterocycles. The van der Waals surface area contributed by atoms with Crippen LogP contribution in [0.4, 0.5) is 0 Å². The molecule has 2 aromatic carbocycles. The van der Waals surface area contributed by atoms with Gasteiger partial charge in [-0.1, -0.05) is 48.9 Å². The Balaban J connectivity index is 1.45. The lowest BCUT2D eigenvalue weighted by atomic mass is 9.95. The quantitative estimate of drug-likeness (QED) is 0.899. The number of fused-ring (bicyclic) bond motifs is 2. The minimum absolute atomic E-state index is 0.0807. The van der Waals surface area contributed by atoms with Crippen molar-refractivity contribution in [1.82, 2.24) is 5.32 Å². The summed E-state index contributed by atoms with van der Waals surface area (Å²) in [4.78, 5) is 12.4. The molecule has 2 nitrogen and oxygen atoms in total. The van der Waals surface area contributed by atoms with Crippen LogP contribution in [0.5, 0.6) is 0 Å². The van der Waals surface area contributed by atoms with E-state index in [-0.39, 0.29) is 5.91 Å². The fourth-order valence-electron chi connectivity index (χ4n) is 4.12. The maximum absolute atomic E-state index is 12.4. The molecule has 3 atom stereocenters. The van der Waals surface area contributed by atoms with Crippen molar-refractivity contribution in [3.05, 3.63) is 60.2 Å². The van der Waals surface area contributed by atoms with Crippen LogP contribution in [0.1, 0.15) is 36.0 Å². The van der Waals surface area contributed by atoms with Gasteiger partial charge in [0.15, 0.2) is 0 Å². The van der Waals surface area contributed by atoms with E-state index in [0.717, 1.165) is 23.0 Å². The number of nitrogens with one attached hydrogen (secondary N) is 1. The van der Waals surface area contributed by atoms with Crippen molar-refractivity contribution in [2.45, 2.75) is 31.7 Å². The predicted molar refractivity (Wildman–Crippen MR) is 88.6 cm³/mol. The van der Waals surface area contributed by atoms with Crippen molar-refractivity contribution in [2.75, 3.05) is 0 Å². The number of rotatable bonds is 3. The molecule has 0 radical (unpaired) electrons. The highest BCUT2D eigenvalue weighted by molar-refractivity contribution is 5.94. The number of carbonyl (C=O) groups is 1. The van der Waals surface area contributed by atoms with Gasteiger partial charge in [0.1, 0.15) is 0 Å². The van der Waals surface area contributed by atoms with Gasteiger partial charge in [0.05, 0.1) is 0 Å². The Kier molecular flexibility index (Phi) is 3.45. The Hall–Kier alpha value is -2.09.